The Kier molecular flexibility index (Phi) is 4.53. The summed E-state index contributed by atoms with van der Waals surface area (Å²) in [5.74, 6) is -0.804. The molecule has 1 aliphatic rings. The van der Waals surface area contributed by atoms with E-state index in [-0.39, 0.29) is 6.42 Å². The summed E-state index contributed by atoms with van der Waals surface area (Å²) < 4.78 is 0. The number of hydrogen-bond donors (Lipinski definition) is 1. The highest BCUT2D eigenvalue weighted by atomic mass is 16.4. The molecule has 0 aliphatic heterocycles. The minimum Gasteiger partial charge on any atom is -0.481 e. The van der Waals surface area contributed by atoms with Crippen molar-refractivity contribution in [2.45, 2.75) is 38.3 Å². The van der Waals surface area contributed by atoms with Crippen LogP contribution in [0.15, 0.2) is 24.3 Å². The first-order valence-electron chi connectivity index (χ1n) is 6.59. The number of carboxylic acid groups (broad SMARTS) is 1. The molecular formula is C15H18N2O2. The van der Waals surface area contributed by atoms with E-state index in [1.54, 1.807) is 0 Å². The fourth-order valence-corrected chi connectivity index (χ4v) is 2.20. The molecule has 100 valence electrons. The van der Waals surface area contributed by atoms with Gasteiger partial charge >= 0.3 is 5.97 Å². The molecule has 4 heteroatoms. The largest absolute Gasteiger partial charge is 0.481 e. The highest BCUT2D eigenvalue weighted by molar-refractivity contribution is 5.70. The number of rotatable bonds is 7. The second kappa shape index (κ2) is 6.35. The van der Waals surface area contributed by atoms with Gasteiger partial charge in [-0.2, -0.15) is 5.26 Å². The van der Waals surface area contributed by atoms with E-state index in [0.717, 1.165) is 18.7 Å². The Labute approximate surface area is 113 Å². The van der Waals surface area contributed by atoms with Crippen LogP contribution in [0.4, 0.5) is 0 Å². The van der Waals surface area contributed by atoms with Gasteiger partial charge in [0.05, 0.1) is 12.5 Å². The van der Waals surface area contributed by atoms with Crippen LogP contribution in [-0.2, 0) is 17.8 Å². The first kappa shape index (κ1) is 13.6. The number of carbonyl (C=O) groups is 1. The molecule has 1 N–H and O–H groups in total. The van der Waals surface area contributed by atoms with E-state index in [2.05, 4.69) is 11.0 Å². The molecule has 19 heavy (non-hydrogen) atoms. The van der Waals surface area contributed by atoms with Crippen molar-refractivity contribution in [3.8, 4) is 6.07 Å². The molecule has 0 unspecified atom stereocenters. The van der Waals surface area contributed by atoms with Crippen molar-refractivity contribution < 1.29 is 9.90 Å². The smallest absolute Gasteiger partial charge is 0.307 e. The molecule has 0 heterocycles. The molecule has 1 aromatic rings. The Hall–Kier alpha value is -1.86. The van der Waals surface area contributed by atoms with Crippen molar-refractivity contribution in [1.82, 2.24) is 4.90 Å². The molecule has 1 aliphatic carbocycles. The van der Waals surface area contributed by atoms with E-state index >= 15 is 0 Å². The molecule has 1 aromatic carbocycles. The zero-order chi connectivity index (χ0) is 13.7. The van der Waals surface area contributed by atoms with E-state index in [4.69, 9.17) is 10.4 Å². The fourth-order valence-electron chi connectivity index (χ4n) is 2.20. The molecule has 0 bridgehead atoms. The summed E-state index contributed by atoms with van der Waals surface area (Å²) in [6, 6.07) is 10.5. The summed E-state index contributed by atoms with van der Waals surface area (Å²) in [7, 11) is 0. The first-order chi connectivity index (χ1) is 9.19. The van der Waals surface area contributed by atoms with Crippen molar-refractivity contribution >= 4 is 5.97 Å². The Morgan fingerprint density at radius 1 is 1.32 bits per heavy atom. The molecule has 4 nitrogen and oxygen atoms in total. The average molecular weight is 258 g/mol. The summed E-state index contributed by atoms with van der Waals surface area (Å²) in [6.07, 6.45) is 3.08. The highest BCUT2D eigenvalue weighted by Gasteiger charge is 2.28. The zero-order valence-corrected chi connectivity index (χ0v) is 10.9. The van der Waals surface area contributed by atoms with Crippen molar-refractivity contribution in [3.63, 3.8) is 0 Å². The summed E-state index contributed by atoms with van der Waals surface area (Å²) in [4.78, 5) is 13.0. The monoisotopic (exact) mass is 258 g/mol. The molecular weight excluding hydrogens is 240 g/mol. The van der Waals surface area contributed by atoms with Gasteiger partial charge in [-0.15, -0.1) is 0 Å². The third-order valence-electron chi connectivity index (χ3n) is 3.34. The number of carboxylic acids is 1. The van der Waals surface area contributed by atoms with Gasteiger partial charge in [-0.3, -0.25) is 9.69 Å². The predicted molar refractivity (Wildman–Crippen MR) is 71.4 cm³/mol. The summed E-state index contributed by atoms with van der Waals surface area (Å²) in [5, 5.41) is 17.4. The summed E-state index contributed by atoms with van der Waals surface area (Å²) >= 11 is 0. The third-order valence-corrected chi connectivity index (χ3v) is 3.34. The second-order valence-electron chi connectivity index (χ2n) is 5.00. The maximum Gasteiger partial charge on any atom is 0.307 e. The van der Waals surface area contributed by atoms with Gasteiger partial charge in [-0.1, -0.05) is 24.3 Å². The number of benzene rings is 1. The van der Waals surface area contributed by atoms with Gasteiger partial charge in [-0.25, -0.2) is 0 Å². The maximum absolute atomic E-state index is 10.6. The van der Waals surface area contributed by atoms with Crippen molar-refractivity contribution in [2.75, 3.05) is 6.54 Å². The standard InChI is InChI=1S/C15H18N2O2/c16-8-1-9-17(14-6-7-14)11-13-4-2-12(3-5-13)10-15(18)19/h2-5,14H,1,6-7,9-11H2,(H,18,19). The zero-order valence-electron chi connectivity index (χ0n) is 10.9. The quantitative estimate of drug-likeness (QED) is 0.814. The molecule has 1 saturated carbocycles. The lowest BCUT2D eigenvalue weighted by Gasteiger charge is -2.20. The van der Waals surface area contributed by atoms with E-state index in [1.807, 2.05) is 24.3 Å². The van der Waals surface area contributed by atoms with Crippen molar-refractivity contribution in [1.29, 1.82) is 5.26 Å². The van der Waals surface area contributed by atoms with Gasteiger partial charge in [-0.05, 0) is 24.0 Å². The highest BCUT2D eigenvalue weighted by Crippen LogP contribution is 2.28. The fraction of sp³-hybridized carbons (Fsp3) is 0.467. The van der Waals surface area contributed by atoms with E-state index in [1.165, 1.54) is 18.4 Å². The lowest BCUT2D eigenvalue weighted by Crippen LogP contribution is -2.26. The summed E-state index contributed by atoms with van der Waals surface area (Å²) in [6.45, 7) is 1.66. The molecule has 2 rings (SSSR count). The average Bonchev–Trinajstić information content (AvgIpc) is 3.20. The van der Waals surface area contributed by atoms with Gasteiger partial charge in [0, 0.05) is 25.6 Å². The molecule has 0 aromatic heterocycles. The minimum atomic E-state index is -0.804. The lowest BCUT2D eigenvalue weighted by atomic mass is 10.1. The lowest BCUT2D eigenvalue weighted by molar-refractivity contribution is -0.136. The van der Waals surface area contributed by atoms with E-state index < -0.39 is 5.97 Å². The Morgan fingerprint density at radius 3 is 2.47 bits per heavy atom. The van der Waals surface area contributed by atoms with Crippen LogP contribution in [0.25, 0.3) is 0 Å². The molecule has 0 spiro atoms. The second-order valence-corrected chi connectivity index (χ2v) is 5.00. The Bertz CT molecular complexity index is 472. The van der Waals surface area contributed by atoms with Crippen molar-refractivity contribution in [2.24, 2.45) is 0 Å². The van der Waals surface area contributed by atoms with Gasteiger partial charge in [0.1, 0.15) is 0 Å². The Balaban J connectivity index is 1.93. The first-order valence-corrected chi connectivity index (χ1v) is 6.59. The number of hydrogen-bond acceptors (Lipinski definition) is 3. The number of nitriles is 1. The minimum absolute atomic E-state index is 0.0705. The number of aliphatic carboxylic acids is 1. The topological polar surface area (TPSA) is 64.3 Å². The normalized spacial score (nSPS) is 14.3. The molecule has 0 saturated heterocycles. The molecule has 0 amide bonds. The summed E-state index contributed by atoms with van der Waals surface area (Å²) in [5.41, 5.74) is 2.00. The van der Waals surface area contributed by atoms with Gasteiger partial charge in [0.2, 0.25) is 0 Å². The molecule has 0 radical (unpaired) electrons. The van der Waals surface area contributed by atoms with Crippen LogP contribution in [0.5, 0.6) is 0 Å². The van der Waals surface area contributed by atoms with Crippen LogP contribution >= 0.6 is 0 Å². The van der Waals surface area contributed by atoms with Crippen LogP contribution < -0.4 is 0 Å². The van der Waals surface area contributed by atoms with Gasteiger partial charge < -0.3 is 5.11 Å². The van der Waals surface area contributed by atoms with Crippen molar-refractivity contribution in [3.05, 3.63) is 35.4 Å². The van der Waals surface area contributed by atoms with E-state index in [9.17, 15) is 4.79 Å². The Morgan fingerprint density at radius 2 is 1.95 bits per heavy atom. The van der Waals surface area contributed by atoms with Crippen LogP contribution in [-0.4, -0.2) is 28.6 Å². The van der Waals surface area contributed by atoms with Crippen LogP contribution in [0.2, 0.25) is 0 Å². The maximum atomic E-state index is 10.6. The molecule has 0 atom stereocenters. The third kappa shape index (κ3) is 4.38. The number of nitrogens with zero attached hydrogens (tertiary/aromatic N) is 2. The van der Waals surface area contributed by atoms with Crippen LogP contribution in [0.3, 0.4) is 0 Å². The SMILES string of the molecule is N#CCCN(Cc1ccc(CC(=O)O)cc1)C1CC1. The van der Waals surface area contributed by atoms with Crippen LogP contribution in [0, 0.1) is 11.3 Å². The van der Waals surface area contributed by atoms with E-state index in [0.29, 0.717) is 12.5 Å². The molecule has 1 fully saturated rings. The van der Waals surface area contributed by atoms with Crippen LogP contribution in [0.1, 0.15) is 30.4 Å². The van der Waals surface area contributed by atoms with Gasteiger partial charge in [0.25, 0.3) is 0 Å². The van der Waals surface area contributed by atoms with Gasteiger partial charge in [0.15, 0.2) is 0 Å². The predicted octanol–water partition coefficient (Wildman–Crippen LogP) is 2.19.